The standard InChI is InChI=1S/C14H17N3O2/c18-14(19)10-6-7-15-13-12(10)16-11(17-13)8-9-4-2-1-3-5-9/h6-7,9H,1-5,8H2,(H,18,19)(H,15,16,17). The summed E-state index contributed by atoms with van der Waals surface area (Å²) in [5, 5.41) is 9.14. The van der Waals surface area contributed by atoms with Crippen molar-refractivity contribution in [3.63, 3.8) is 0 Å². The minimum atomic E-state index is -0.944. The normalized spacial score (nSPS) is 16.8. The summed E-state index contributed by atoms with van der Waals surface area (Å²) < 4.78 is 0. The monoisotopic (exact) mass is 259 g/mol. The maximum Gasteiger partial charge on any atom is 0.338 e. The van der Waals surface area contributed by atoms with E-state index in [2.05, 4.69) is 15.0 Å². The lowest BCUT2D eigenvalue weighted by atomic mass is 9.87. The predicted molar refractivity (Wildman–Crippen MR) is 71.1 cm³/mol. The first-order valence-electron chi connectivity index (χ1n) is 6.81. The summed E-state index contributed by atoms with van der Waals surface area (Å²) in [7, 11) is 0. The number of carbonyl (C=O) groups is 1. The SMILES string of the molecule is O=C(O)c1ccnc2nc(CC3CCCCC3)[nH]c12. The largest absolute Gasteiger partial charge is 0.478 e. The Hall–Kier alpha value is -1.91. The second kappa shape index (κ2) is 4.99. The van der Waals surface area contributed by atoms with Gasteiger partial charge in [0.15, 0.2) is 5.65 Å². The first-order valence-corrected chi connectivity index (χ1v) is 6.81. The molecule has 19 heavy (non-hydrogen) atoms. The molecule has 2 N–H and O–H groups in total. The molecule has 0 saturated heterocycles. The third kappa shape index (κ3) is 2.45. The van der Waals surface area contributed by atoms with Crippen molar-refractivity contribution in [1.29, 1.82) is 0 Å². The van der Waals surface area contributed by atoms with Crippen molar-refractivity contribution in [2.24, 2.45) is 5.92 Å². The molecular weight excluding hydrogens is 242 g/mol. The van der Waals surface area contributed by atoms with Crippen LogP contribution in [0.1, 0.15) is 48.3 Å². The second-order valence-electron chi connectivity index (χ2n) is 5.25. The molecule has 0 aromatic carbocycles. The summed E-state index contributed by atoms with van der Waals surface area (Å²) in [5.41, 5.74) is 1.29. The van der Waals surface area contributed by atoms with Gasteiger partial charge in [0, 0.05) is 12.6 Å². The van der Waals surface area contributed by atoms with Crippen LogP contribution >= 0.6 is 0 Å². The molecule has 0 atom stereocenters. The number of H-pyrrole nitrogens is 1. The Kier molecular flexibility index (Phi) is 3.19. The number of nitrogens with zero attached hydrogens (tertiary/aromatic N) is 2. The molecule has 100 valence electrons. The fourth-order valence-corrected chi connectivity index (χ4v) is 2.90. The minimum Gasteiger partial charge on any atom is -0.478 e. The molecule has 0 radical (unpaired) electrons. The van der Waals surface area contributed by atoms with Crippen LogP contribution in [0.4, 0.5) is 0 Å². The Labute approximate surface area is 111 Å². The number of pyridine rings is 1. The van der Waals surface area contributed by atoms with Crippen LogP contribution in [0.15, 0.2) is 12.3 Å². The molecule has 5 heteroatoms. The molecule has 1 saturated carbocycles. The molecule has 5 nitrogen and oxygen atoms in total. The fraction of sp³-hybridized carbons (Fsp3) is 0.500. The van der Waals surface area contributed by atoms with Gasteiger partial charge in [0.05, 0.1) is 11.1 Å². The van der Waals surface area contributed by atoms with E-state index in [4.69, 9.17) is 5.11 Å². The van der Waals surface area contributed by atoms with Crippen LogP contribution in [0.5, 0.6) is 0 Å². The maximum absolute atomic E-state index is 11.1. The number of imidazole rings is 1. The number of aromatic amines is 1. The summed E-state index contributed by atoms with van der Waals surface area (Å²) >= 11 is 0. The highest BCUT2D eigenvalue weighted by Gasteiger charge is 2.18. The van der Waals surface area contributed by atoms with Gasteiger partial charge >= 0.3 is 5.97 Å². The first-order chi connectivity index (χ1) is 9.24. The van der Waals surface area contributed by atoms with Gasteiger partial charge in [0.2, 0.25) is 0 Å². The van der Waals surface area contributed by atoms with Crippen molar-refractivity contribution in [3.8, 4) is 0 Å². The van der Waals surface area contributed by atoms with E-state index in [9.17, 15) is 4.79 Å². The first kappa shape index (κ1) is 12.1. The summed E-state index contributed by atoms with van der Waals surface area (Å²) in [6, 6.07) is 1.51. The smallest absolute Gasteiger partial charge is 0.338 e. The summed E-state index contributed by atoms with van der Waals surface area (Å²) in [6.07, 6.45) is 8.81. The Balaban J connectivity index is 1.88. The molecule has 0 spiro atoms. The van der Waals surface area contributed by atoms with Gasteiger partial charge in [0.25, 0.3) is 0 Å². The lowest BCUT2D eigenvalue weighted by molar-refractivity contribution is 0.0698. The zero-order chi connectivity index (χ0) is 13.2. The number of carboxylic acids is 1. The fourth-order valence-electron chi connectivity index (χ4n) is 2.90. The van der Waals surface area contributed by atoms with Crippen LogP contribution in [-0.4, -0.2) is 26.0 Å². The molecule has 2 aromatic rings. The van der Waals surface area contributed by atoms with E-state index in [0.29, 0.717) is 17.1 Å². The van der Waals surface area contributed by atoms with Crippen molar-refractivity contribution in [3.05, 3.63) is 23.7 Å². The molecule has 0 amide bonds. The van der Waals surface area contributed by atoms with Crippen LogP contribution in [0.25, 0.3) is 11.2 Å². The van der Waals surface area contributed by atoms with E-state index >= 15 is 0 Å². The van der Waals surface area contributed by atoms with E-state index < -0.39 is 5.97 Å². The van der Waals surface area contributed by atoms with E-state index in [-0.39, 0.29) is 5.56 Å². The van der Waals surface area contributed by atoms with Gasteiger partial charge in [-0.25, -0.2) is 14.8 Å². The summed E-state index contributed by atoms with van der Waals surface area (Å²) in [6.45, 7) is 0. The van der Waals surface area contributed by atoms with Gasteiger partial charge in [0.1, 0.15) is 5.82 Å². The predicted octanol–water partition coefficient (Wildman–Crippen LogP) is 2.78. The van der Waals surface area contributed by atoms with E-state index in [1.54, 1.807) is 0 Å². The Morgan fingerprint density at radius 3 is 2.89 bits per heavy atom. The molecule has 0 unspecified atom stereocenters. The van der Waals surface area contributed by atoms with Crippen molar-refractivity contribution in [2.45, 2.75) is 38.5 Å². The number of aromatic carboxylic acids is 1. The molecule has 3 rings (SSSR count). The van der Waals surface area contributed by atoms with Crippen LogP contribution in [0, 0.1) is 5.92 Å². The molecular formula is C14H17N3O2. The minimum absolute atomic E-state index is 0.243. The molecule has 2 aromatic heterocycles. The average Bonchev–Trinajstić information content (AvgIpc) is 2.81. The topological polar surface area (TPSA) is 78.9 Å². The van der Waals surface area contributed by atoms with Gasteiger partial charge in [-0.1, -0.05) is 32.1 Å². The highest BCUT2D eigenvalue weighted by atomic mass is 16.4. The number of hydrogen-bond acceptors (Lipinski definition) is 3. The van der Waals surface area contributed by atoms with Crippen LogP contribution in [0.3, 0.4) is 0 Å². The number of nitrogens with one attached hydrogen (secondary N) is 1. The molecule has 0 bridgehead atoms. The average molecular weight is 259 g/mol. The van der Waals surface area contributed by atoms with Gasteiger partial charge in [-0.3, -0.25) is 0 Å². The van der Waals surface area contributed by atoms with E-state index in [1.165, 1.54) is 44.4 Å². The second-order valence-corrected chi connectivity index (χ2v) is 5.25. The third-order valence-electron chi connectivity index (χ3n) is 3.88. The van der Waals surface area contributed by atoms with Crippen molar-refractivity contribution in [1.82, 2.24) is 15.0 Å². The Bertz CT molecular complexity index is 600. The number of aromatic nitrogens is 3. The highest BCUT2D eigenvalue weighted by Crippen LogP contribution is 2.26. The summed E-state index contributed by atoms with van der Waals surface area (Å²) in [4.78, 5) is 22.8. The van der Waals surface area contributed by atoms with E-state index in [0.717, 1.165) is 12.2 Å². The lowest BCUT2D eigenvalue weighted by Crippen LogP contribution is -2.10. The van der Waals surface area contributed by atoms with Crippen molar-refractivity contribution < 1.29 is 9.90 Å². The number of rotatable bonds is 3. The van der Waals surface area contributed by atoms with Crippen LogP contribution in [0.2, 0.25) is 0 Å². The molecule has 1 fully saturated rings. The molecule has 1 aliphatic rings. The van der Waals surface area contributed by atoms with Crippen molar-refractivity contribution in [2.75, 3.05) is 0 Å². The number of hydrogen-bond donors (Lipinski definition) is 2. The quantitative estimate of drug-likeness (QED) is 0.888. The molecule has 0 aliphatic heterocycles. The zero-order valence-electron chi connectivity index (χ0n) is 10.7. The van der Waals surface area contributed by atoms with Gasteiger partial charge in [-0.05, 0) is 12.0 Å². The van der Waals surface area contributed by atoms with Crippen LogP contribution in [-0.2, 0) is 6.42 Å². The Morgan fingerprint density at radius 1 is 1.37 bits per heavy atom. The molecule has 2 heterocycles. The third-order valence-corrected chi connectivity index (χ3v) is 3.88. The van der Waals surface area contributed by atoms with Crippen molar-refractivity contribution >= 4 is 17.1 Å². The maximum atomic E-state index is 11.1. The van der Waals surface area contributed by atoms with Crippen LogP contribution < -0.4 is 0 Å². The van der Waals surface area contributed by atoms with E-state index in [1.807, 2.05) is 0 Å². The van der Waals surface area contributed by atoms with Gasteiger partial charge in [-0.15, -0.1) is 0 Å². The number of fused-ring (bicyclic) bond motifs is 1. The number of carboxylic acid groups (broad SMARTS) is 1. The molecule has 1 aliphatic carbocycles. The lowest BCUT2D eigenvalue weighted by Gasteiger charge is -2.20. The Morgan fingerprint density at radius 2 is 2.16 bits per heavy atom. The summed E-state index contributed by atoms with van der Waals surface area (Å²) in [5.74, 6) is 0.589. The highest BCUT2D eigenvalue weighted by molar-refractivity contribution is 5.99. The van der Waals surface area contributed by atoms with Gasteiger partial charge in [-0.2, -0.15) is 0 Å². The van der Waals surface area contributed by atoms with Gasteiger partial charge < -0.3 is 10.1 Å². The zero-order valence-corrected chi connectivity index (χ0v) is 10.7.